The summed E-state index contributed by atoms with van der Waals surface area (Å²) in [4.78, 5) is 26.5. The van der Waals surface area contributed by atoms with E-state index in [1.807, 2.05) is 0 Å². The van der Waals surface area contributed by atoms with Crippen molar-refractivity contribution in [2.75, 3.05) is 46.5 Å². The van der Waals surface area contributed by atoms with Crippen molar-refractivity contribution in [3.63, 3.8) is 0 Å². The van der Waals surface area contributed by atoms with Crippen LogP contribution in [0.3, 0.4) is 0 Å². The van der Waals surface area contributed by atoms with Gasteiger partial charge in [-0.1, -0.05) is 0 Å². The second-order valence-corrected chi connectivity index (χ2v) is 4.26. The Hall–Kier alpha value is -0.920. The third-order valence-electron chi connectivity index (χ3n) is 2.98. The number of rotatable bonds is 6. The molecular formula is C11H21ClFN3O3. The Balaban J connectivity index is 0.00000324. The predicted octanol–water partition coefficient (Wildman–Crippen LogP) is -0.981. The highest BCUT2D eigenvalue weighted by Crippen LogP contribution is 2.06. The number of nitrogens with one attached hydrogen (secondary N) is 1. The molecule has 1 fully saturated rings. The number of likely N-dealkylation sites (N-methyl/N-ethyl adjacent to an activating group) is 1. The molecule has 19 heavy (non-hydrogen) atoms. The zero-order valence-electron chi connectivity index (χ0n) is 11.0. The maximum atomic E-state index is 12.3. The maximum Gasteiger partial charge on any atom is 0.240 e. The standard InChI is InChI=1S/C11H20FN3O3.ClH/c1-14(6-7-16)10(17)8-9-11(18)15(4-2-12)5-3-13-9;/h9,13,16H,2-8H2,1H3;1H. The Morgan fingerprint density at radius 3 is 2.89 bits per heavy atom. The molecule has 112 valence electrons. The summed E-state index contributed by atoms with van der Waals surface area (Å²) in [6.07, 6.45) is 0.0398. The molecule has 1 aliphatic heterocycles. The van der Waals surface area contributed by atoms with Gasteiger partial charge in [0.1, 0.15) is 6.67 Å². The van der Waals surface area contributed by atoms with E-state index >= 15 is 0 Å². The number of aliphatic hydroxyl groups excluding tert-OH is 1. The Kier molecular flexibility index (Phi) is 8.62. The molecule has 2 amide bonds. The van der Waals surface area contributed by atoms with Gasteiger partial charge in [-0.25, -0.2) is 4.39 Å². The Morgan fingerprint density at radius 1 is 1.63 bits per heavy atom. The van der Waals surface area contributed by atoms with E-state index in [1.54, 1.807) is 7.05 Å². The number of amides is 2. The van der Waals surface area contributed by atoms with Gasteiger partial charge in [-0.05, 0) is 0 Å². The monoisotopic (exact) mass is 297 g/mol. The number of hydrogen-bond donors (Lipinski definition) is 2. The molecule has 1 aliphatic rings. The summed E-state index contributed by atoms with van der Waals surface area (Å²) in [5.41, 5.74) is 0. The van der Waals surface area contributed by atoms with Crippen LogP contribution in [-0.4, -0.2) is 79.3 Å². The molecule has 1 unspecified atom stereocenters. The molecule has 1 saturated heterocycles. The van der Waals surface area contributed by atoms with Crippen molar-refractivity contribution >= 4 is 24.2 Å². The van der Waals surface area contributed by atoms with E-state index in [-0.39, 0.29) is 50.3 Å². The Bertz CT molecular complexity index is 305. The lowest BCUT2D eigenvalue weighted by atomic mass is 10.1. The first-order chi connectivity index (χ1) is 8.60. The van der Waals surface area contributed by atoms with Crippen LogP contribution in [0.1, 0.15) is 6.42 Å². The summed E-state index contributed by atoms with van der Waals surface area (Å²) >= 11 is 0. The lowest BCUT2D eigenvalue weighted by Crippen LogP contribution is -2.56. The van der Waals surface area contributed by atoms with Crippen molar-refractivity contribution in [3.8, 4) is 0 Å². The molecule has 0 spiro atoms. The molecule has 1 atom stereocenters. The van der Waals surface area contributed by atoms with Gasteiger partial charge in [-0.3, -0.25) is 9.59 Å². The average molecular weight is 298 g/mol. The smallest absolute Gasteiger partial charge is 0.240 e. The number of piperazine rings is 1. The van der Waals surface area contributed by atoms with Crippen molar-refractivity contribution in [2.24, 2.45) is 0 Å². The highest BCUT2D eigenvalue weighted by Gasteiger charge is 2.30. The minimum atomic E-state index is -0.584. The summed E-state index contributed by atoms with van der Waals surface area (Å²) in [5.74, 6) is -0.443. The summed E-state index contributed by atoms with van der Waals surface area (Å²) < 4.78 is 12.3. The molecule has 0 aromatic carbocycles. The molecule has 2 N–H and O–H groups in total. The van der Waals surface area contributed by atoms with Gasteiger partial charge in [-0.2, -0.15) is 0 Å². The van der Waals surface area contributed by atoms with Crippen molar-refractivity contribution in [1.82, 2.24) is 15.1 Å². The van der Waals surface area contributed by atoms with Crippen LogP contribution in [0, 0.1) is 0 Å². The largest absolute Gasteiger partial charge is 0.395 e. The van der Waals surface area contributed by atoms with Crippen LogP contribution in [0.15, 0.2) is 0 Å². The van der Waals surface area contributed by atoms with E-state index < -0.39 is 12.7 Å². The lowest BCUT2D eigenvalue weighted by molar-refractivity contribution is -0.140. The zero-order valence-corrected chi connectivity index (χ0v) is 11.8. The van der Waals surface area contributed by atoms with Crippen molar-refractivity contribution < 1.29 is 19.1 Å². The molecule has 0 radical (unpaired) electrons. The number of aliphatic hydroxyl groups is 1. The first-order valence-corrected chi connectivity index (χ1v) is 6.03. The van der Waals surface area contributed by atoms with E-state index in [0.717, 1.165) is 0 Å². The first kappa shape index (κ1) is 18.1. The van der Waals surface area contributed by atoms with E-state index in [1.165, 1.54) is 9.80 Å². The fourth-order valence-corrected chi connectivity index (χ4v) is 1.88. The van der Waals surface area contributed by atoms with Crippen LogP contribution in [0.2, 0.25) is 0 Å². The quantitative estimate of drug-likeness (QED) is 0.661. The van der Waals surface area contributed by atoms with Crippen LogP contribution in [0.25, 0.3) is 0 Å². The molecular weight excluding hydrogens is 277 g/mol. The van der Waals surface area contributed by atoms with Crippen LogP contribution in [0.5, 0.6) is 0 Å². The second-order valence-electron chi connectivity index (χ2n) is 4.26. The zero-order chi connectivity index (χ0) is 13.5. The van der Waals surface area contributed by atoms with Gasteiger partial charge >= 0.3 is 0 Å². The number of nitrogens with zero attached hydrogens (tertiary/aromatic N) is 2. The van der Waals surface area contributed by atoms with E-state index in [2.05, 4.69) is 5.32 Å². The number of hydrogen-bond acceptors (Lipinski definition) is 4. The van der Waals surface area contributed by atoms with Crippen LogP contribution in [0.4, 0.5) is 4.39 Å². The number of carbonyl (C=O) groups is 2. The third-order valence-corrected chi connectivity index (χ3v) is 2.98. The molecule has 1 heterocycles. The average Bonchev–Trinajstić information content (AvgIpc) is 2.34. The molecule has 8 heteroatoms. The molecule has 0 aromatic rings. The van der Waals surface area contributed by atoms with Gasteiger partial charge in [0.25, 0.3) is 0 Å². The Labute approximate surface area is 118 Å². The van der Waals surface area contributed by atoms with E-state index in [0.29, 0.717) is 13.1 Å². The van der Waals surface area contributed by atoms with Gasteiger partial charge < -0.3 is 20.2 Å². The highest BCUT2D eigenvalue weighted by atomic mass is 35.5. The molecule has 0 saturated carbocycles. The van der Waals surface area contributed by atoms with E-state index in [9.17, 15) is 14.0 Å². The van der Waals surface area contributed by atoms with Crippen LogP contribution < -0.4 is 5.32 Å². The number of carbonyl (C=O) groups excluding carboxylic acids is 2. The van der Waals surface area contributed by atoms with E-state index in [4.69, 9.17) is 5.11 Å². The first-order valence-electron chi connectivity index (χ1n) is 6.03. The third kappa shape index (κ3) is 5.30. The normalized spacial score (nSPS) is 19.0. The number of alkyl halides is 1. The topological polar surface area (TPSA) is 72.9 Å². The maximum absolute atomic E-state index is 12.3. The lowest BCUT2D eigenvalue weighted by Gasteiger charge is -2.33. The Morgan fingerprint density at radius 2 is 2.32 bits per heavy atom. The van der Waals surface area contributed by atoms with Gasteiger partial charge in [0.05, 0.1) is 19.1 Å². The van der Waals surface area contributed by atoms with Gasteiger partial charge in [0.2, 0.25) is 11.8 Å². The molecule has 0 aromatic heterocycles. The minimum Gasteiger partial charge on any atom is -0.395 e. The summed E-state index contributed by atoms with van der Waals surface area (Å²) in [6.45, 7) is 0.679. The van der Waals surface area contributed by atoms with Crippen molar-refractivity contribution in [3.05, 3.63) is 0 Å². The predicted molar refractivity (Wildman–Crippen MR) is 70.9 cm³/mol. The van der Waals surface area contributed by atoms with Crippen LogP contribution >= 0.6 is 12.4 Å². The van der Waals surface area contributed by atoms with Gasteiger partial charge in [-0.15, -0.1) is 12.4 Å². The SMILES string of the molecule is CN(CCO)C(=O)CC1NCCN(CCF)C1=O.Cl. The van der Waals surface area contributed by atoms with Crippen LogP contribution in [-0.2, 0) is 9.59 Å². The second kappa shape index (κ2) is 9.06. The van der Waals surface area contributed by atoms with Gasteiger partial charge in [0.15, 0.2) is 0 Å². The van der Waals surface area contributed by atoms with Crippen molar-refractivity contribution in [1.29, 1.82) is 0 Å². The summed E-state index contributed by atoms with van der Waals surface area (Å²) in [5, 5.41) is 11.7. The highest BCUT2D eigenvalue weighted by molar-refractivity contribution is 5.88. The van der Waals surface area contributed by atoms with Gasteiger partial charge in [0, 0.05) is 33.2 Å². The summed E-state index contributed by atoms with van der Waals surface area (Å²) in [7, 11) is 1.57. The molecule has 0 aliphatic carbocycles. The molecule has 1 rings (SSSR count). The molecule has 0 bridgehead atoms. The fraction of sp³-hybridized carbons (Fsp3) is 0.818. The number of halogens is 2. The molecule has 6 nitrogen and oxygen atoms in total. The minimum absolute atomic E-state index is 0. The summed E-state index contributed by atoms with van der Waals surface area (Å²) in [6, 6.07) is -0.584. The fourth-order valence-electron chi connectivity index (χ4n) is 1.88. The van der Waals surface area contributed by atoms with Crippen molar-refractivity contribution in [2.45, 2.75) is 12.5 Å².